The summed E-state index contributed by atoms with van der Waals surface area (Å²) < 4.78 is 0. The van der Waals surface area contributed by atoms with Gasteiger partial charge in [0.25, 0.3) is 0 Å². The zero-order valence-electron chi connectivity index (χ0n) is 12.9. The molecule has 1 heterocycles. The fourth-order valence-electron chi connectivity index (χ4n) is 4.20. The Kier molecular flexibility index (Phi) is 4.38. The number of hydrogen-bond acceptors (Lipinski definition) is 2. The molecule has 0 amide bonds. The maximum atomic E-state index is 3.97. The van der Waals surface area contributed by atoms with Crippen LogP contribution in [0.15, 0.2) is 0 Å². The predicted molar refractivity (Wildman–Crippen MR) is 79.0 cm³/mol. The molecule has 0 aromatic carbocycles. The molecule has 1 N–H and O–H groups in total. The van der Waals surface area contributed by atoms with Crippen molar-refractivity contribution in [3.63, 3.8) is 0 Å². The standard InChI is InChI=1S/C16H32N2/c1-5-16(6-2)12-17-15(10-8-7-9-11-15)13-18(16)14(3)4/h14,17H,5-13H2,1-4H3. The Morgan fingerprint density at radius 2 is 1.67 bits per heavy atom. The fourth-order valence-corrected chi connectivity index (χ4v) is 4.20. The van der Waals surface area contributed by atoms with Crippen molar-refractivity contribution in [2.45, 2.75) is 89.8 Å². The molecule has 1 saturated heterocycles. The first-order valence-corrected chi connectivity index (χ1v) is 8.09. The summed E-state index contributed by atoms with van der Waals surface area (Å²) in [6.45, 7) is 11.9. The second-order valence-corrected chi connectivity index (χ2v) is 6.85. The Balaban J connectivity index is 2.17. The van der Waals surface area contributed by atoms with Gasteiger partial charge in [-0.25, -0.2) is 0 Å². The summed E-state index contributed by atoms with van der Waals surface area (Å²) in [5, 5.41) is 3.97. The molecule has 0 radical (unpaired) electrons. The van der Waals surface area contributed by atoms with Crippen molar-refractivity contribution in [2.24, 2.45) is 0 Å². The molecule has 0 bridgehead atoms. The lowest BCUT2D eigenvalue weighted by atomic mass is 9.75. The first kappa shape index (κ1) is 14.3. The van der Waals surface area contributed by atoms with Gasteiger partial charge in [-0.15, -0.1) is 0 Å². The maximum Gasteiger partial charge on any atom is 0.0332 e. The Labute approximate surface area is 114 Å². The van der Waals surface area contributed by atoms with Crippen LogP contribution in [0.5, 0.6) is 0 Å². The average Bonchev–Trinajstić information content (AvgIpc) is 2.40. The lowest BCUT2D eigenvalue weighted by Crippen LogP contribution is -2.71. The van der Waals surface area contributed by atoms with Crippen LogP contribution >= 0.6 is 0 Å². The number of rotatable bonds is 3. The Bertz CT molecular complexity index is 262. The topological polar surface area (TPSA) is 15.3 Å². The number of nitrogens with one attached hydrogen (secondary N) is 1. The van der Waals surface area contributed by atoms with Crippen LogP contribution in [0, 0.1) is 0 Å². The van der Waals surface area contributed by atoms with Crippen molar-refractivity contribution in [3.8, 4) is 0 Å². The van der Waals surface area contributed by atoms with Gasteiger partial charge in [0.1, 0.15) is 0 Å². The van der Waals surface area contributed by atoms with E-state index in [1.54, 1.807) is 0 Å². The summed E-state index contributed by atoms with van der Waals surface area (Å²) in [6.07, 6.45) is 9.60. The molecule has 2 rings (SSSR count). The molecule has 1 aliphatic carbocycles. The van der Waals surface area contributed by atoms with Gasteiger partial charge in [0.15, 0.2) is 0 Å². The zero-order valence-corrected chi connectivity index (χ0v) is 12.9. The van der Waals surface area contributed by atoms with E-state index in [9.17, 15) is 0 Å². The first-order chi connectivity index (χ1) is 8.57. The minimum absolute atomic E-state index is 0.400. The van der Waals surface area contributed by atoms with Crippen molar-refractivity contribution < 1.29 is 0 Å². The lowest BCUT2D eigenvalue weighted by molar-refractivity contribution is -0.0341. The van der Waals surface area contributed by atoms with E-state index in [1.165, 1.54) is 58.0 Å². The van der Waals surface area contributed by atoms with E-state index >= 15 is 0 Å². The van der Waals surface area contributed by atoms with Crippen LogP contribution in [0.2, 0.25) is 0 Å². The summed E-state index contributed by atoms with van der Waals surface area (Å²) in [6, 6.07) is 0.672. The van der Waals surface area contributed by atoms with Crippen LogP contribution in [-0.4, -0.2) is 35.1 Å². The number of piperazine rings is 1. The van der Waals surface area contributed by atoms with Gasteiger partial charge in [-0.05, 0) is 39.5 Å². The van der Waals surface area contributed by atoms with Gasteiger partial charge in [0.2, 0.25) is 0 Å². The Hall–Kier alpha value is -0.0800. The highest BCUT2D eigenvalue weighted by Gasteiger charge is 2.46. The molecule has 2 aliphatic rings. The normalized spacial score (nSPS) is 27.8. The van der Waals surface area contributed by atoms with Crippen LogP contribution in [-0.2, 0) is 0 Å². The summed E-state index contributed by atoms with van der Waals surface area (Å²) in [5.74, 6) is 0. The molecule has 0 aromatic heterocycles. The second-order valence-electron chi connectivity index (χ2n) is 6.85. The molecule has 2 fully saturated rings. The molecule has 106 valence electrons. The summed E-state index contributed by atoms with van der Waals surface area (Å²) in [7, 11) is 0. The quantitative estimate of drug-likeness (QED) is 0.826. The summed E-state index contributed by atoms with van der Waals surface area (Å²) in [4.78, 5) is 2.81. The molecule has 0 unspecified atom stereocenters. The van der Waals surface area contributed by atoms with E-state index in [-0.39, 0.29) is 0 Å². The summed E-state index contributed by atoms with van der Waals surface area (Å²) in [5.41, 5.74) is 0.840. The Morgan fingerprint density at radius 1 is 1.06 bits per heavy atom. The minimum Gasteiger partial charge on any atom is -0.308 e. The van der Waals surface area contributed by atoms with Gasteiger partial charge in [0, 0.05) is 30.2 Å². The van der Waals surface area contributed by atoms with E-state index < -0.39 is 0 Å². The van der Waals surface area contributed by atoms with E-state index in [0.717, 1.165) is 0 Å². The molecule has 18 heavy (non-hydrogen) atoms. The third kappa shape index (κ3) is 2.46. The number of hydrogen-bond donors (Lipinski definition) is 1. The molecule has 2 heteroatoms. The highest BCUT2D eigenvalue weighted by Crippen LogP contribution is 2.38. The van der Waals surface area contributed by atoms with Crippen molar-refractivity contribution in [3.05, 3.63) is 0 Å². The Morgan fingerprint density at radius 3 is 2.17 bits per heavy atom. The third-order valence-electron chi connectivity index (χ3n) is 5.62. The van der Waals surface area contributed by atoms with Crippen LogP contribution < -0.4 is 5.32 Å². The monoisotopic (exact) mass is 252 g/mol. The van der Waals surface area contributed by atoms with Gasteiger partial charge in [-0.2, -0.15) is 0 Å². The molecule has 0 aromatic rings. The van der Waals surface area contributed by atoms with E-state index in [2.05, 4.69) is 37.9 Å². The number of nitrogens with zero attached hydrogens (tertiary/aromatic N) is 1. The van der Waals surface area contributed by atoms with Gasteiger partial charge < -0.3 is 5.32 Å². The highest BCUT2D eigenvalue weighted by molar-refractivity contribution is 5.06. The lowest BCUT2D eigenvalue weighted by Gasteiger charge is -2.57. The van der Waals surface area contributed by atoms with Crippen molar-refractivity contribution >= 4 is 0 Å². The second kappa shape index (κ2) is 5.50. The highest BCUT2D eigenvalue weighted by atomic mass is 15.3. The molecule has 1 aliphatic heterocycles. The smallest absolute Gasteiger partial charge is 0.0332 e. The van der Waals surface area contributed by atoms with Crippen LogP contribution in [0.3, 0.4) is 0 Å². The van der Waals surface area contributed by atoms with E-state index in [4.69, 9.17) is 0 Å². The molecule has 1 spiro atoms. The molecule has 2 nitrogen and oxygen atoms in total. The van der Waals surface area contributed by atoms with Crippen molar-refractivity contribution in [2.75, 3.05) is 13.1 Å². The summed E-state index contributed by atoms with van der Waals surface area (Å²) >= 11 is 0. The van der Waals surface area contributed by atoms with Crippen molar-refractivity contribution in [1.29, 1.82) is 0 Å². The van der Waals surface area contributed by atoms with Gasteiger partial charge in [0.05, 0.1) is 0 Å². The van der Waals surface area contributed by atoms with E-state index in [1.807, 2.05) is 0 Å². The first-order valence-electron chi connectivity index (χ1n) is 8.09. The largest absolute Gasteiger partial charge is 0.308 e. The average molecular weight is 252 g/mol. The zero-order chi connectivity index (χ0) is 13.2. The van der Waals surface area contributed by atoms with Crippen LogP contribution in [0.4, 0.5) is 0 Å². The maximum absolute atomic E-state index is 3.97. The van der Waals surface area contributed by atoms with E-state index in [0.29, 0.717) is 17.1 Å². The van der Waals surface area contributed by atoms with Gasteiger partial charge in [-0.1, -0.05) is 33.1 Å². The molecule has 1 saturated carbocycles. The van der Waals surface area contributed by atoms with Gasteiger partial charge in [-0.3, -0.25) is 4.90 Å². The fraction of sp³-hybridized carbons (Fsp3) is 1.00. The van der Waals surface area contributed by atoms with Crippen molar-refractivity contribution in [1.82, 2.24) is 10.2 Å². The SMILES string of the molecule is CCC1(CC)CNC2(CCCCC2)CN1C(C)C. The molecule has 0 atom stereocenters. The third-order valence-corrected chi connectivity index (χ3v) is 5.62. The molecular weight excluding hydrogens is 220 g/mol. The molecular formula is C16H32N2. The van der Waals surface area contributed by atoms with Crippen LogP contribution in [0.25, 0.3) is 0 Å². The van der Waals surface area contributed by atoms with Crippen LogP contribution in [0.1, 0.15) is 72.6 Å². The predicted octanol–water partition coefficient (Wildman–Crippen LogP) is 3.56. The minimum atomic E-state index is 0.400. The van der Waals surface area contributed by atoms with Gasteiger partial charge >= 0.3 is 0 Å².